The van der Waals surface area contributed by atoms with Crippen molar-refractivity contribution in [2.24, 2.45) is 5.84 Å². The van der Waals surface area contributed by atoms with Crippen molar-refractivity contribution in [2.45, 2.75) is 6.42 Å². The molecule has 1 aromatic carbocycles. The predicted molar refractivity (Wildman–Crippen MR) is 54.8 cm³/mol. The molecule has 1 fully saturated rings. The van der Waals surface area contributed by atoms with Gasteiger partial charge in [-0.2, -0.15) is 5.01 Å². The summed E-state index contributed by atoms with van der Waals surface area (Å²) in [6.45, 7) is 0.384. The summed E-state index contributed by atoms with van der Waals surface area (Å²) in [5.74, 6) is 5.00. The lowest BCUT2D eigenvalue weighted by molar-refractivity contribution is -0.129. The number of carbonyl (C=O) groups excluding carboxylic acids is 2. The summed E-state index contributed by atoms with van der Waals surface area (Å²) in [6.07, 6.45) is 0.261. The highest BCUT2D eigenvalue weighted by atomic mass is 16.2. The van der Waals surface area contributed by atoms with Gasteiger partial charge in [-0.1, -0.05) is 18.2 Å². The van der Waals surface area contributed by atoms with Crippen LogP contribution in [0.25, 0.3) is 0 Å². The number of para-hydroxylation sites is 1. The number of carbonyl (C=O) groups is 2. The Morgan fingerprint density at radius 3 is 2.47 bits per heavy atom. The topological polar surface area (TPSA) is 66.6 Å². The molecule has 1 heterocycles. The molecule has 1 aliphatic heterocycles. The highest BCUT2D eigenvalue weighted by molar-refractivity contribution is 6.04. The normalized spacial score (nSPS) is 17.1. The smallest absolute Gasteiger partial charge is 0.292 e. The third kappa shape index (κ3) is 1.69. The van der Waals surface area contributed by atoms with E-state index in [9.17, 15) is 9.59 Å². The van der Waals surface area contributed by atoms with Crippen LogP contribution in [0.3, 0.4) is 0 Å². The minimum atomic E-state index is -0.475. The molecule has 15 heavy (non-hydrogen) atoms. The maximum atomic E-state index is 11.6. The van der Waals surface area contributed by atoms with Gasteiger partial charge in [-0.05, 0) is 12.1 Å². The molecule has 0 aromatic heterocycles. The van der Waals surface area contributed by atoms with E-state index in [1.54, 1.807) is 0 Å². The number of hydrogen-bond donors (Lipinski definition) is 1. The molecule has 1 saturated heterocycles. The van der Waals surface area contributed by atoms with E-state index in [-0.39, 0.29) is 12.3 Å². The fraction of sp³-hybridized carbons (Fsp3) is 0.200. The van der Waals surface area contributed by atoms with Crippen LogP contribution in [0.2, 0.25) is 0 Å². The Labute approximate surface area is 87.0 Å². The van der Waals surface area contributed by atoms with Crippen molar-refractivity contribution >= 4 is 17.6 Å². The lowest BCUT2D eigenvalue weighted by atomic mass is 10.2. The summed E-state index contributed by atoms with van der Waals surface area (Å²) in [5, 5.41) is 0.663. The second-order valence-electron chi connectivity index (χ2n) is 3.28. The molecular formula is C10H11N3O2. The molecule has 2 N–H and O–H groups in total. The third-order valence-electron chi connectivity index (χ3n) is 2.32. The molecule has 1 aromatic rings. The van der Waals surface area contributed by atoms with Gasteiger partial charge in [0.1, 0.15) is 0 Å². The van der Waals surface area contributed by atoms with Crippen LogP contribution < -0.4 is 10.7 Å². The summed E-state index contributed by atoms with van der Waals surface area (Å²) in [5.41, 5.74) is 0.755. The van der Waals surface area contributed by atoms with Crippen molar-refractivity contribution in [3.8, 4) is 0 Å². The average Bonchev–Trinajstić information content (AvgIpc) is 2.27. The van der Waals surface area contributed by atoms with Crippen LogP contribution in [-0.2, 0) is 4.79 Å². The minimum absolute atomic E-state index is 0.261. The van der Waals surface area contributed by atoms with E-state index < -0.39 is 6.03 Å². The van der Waals surface area contributed by atoms with E-state index in [0.717, 1.165) is 5.69 Å². The molecule has 1 aliphatic rings. The van der Waals surface area contributed by atoms with Gasteiger partial charge < -0.3 is 0 Å². The van der Waals surface area contributed by atoms with E-state index in [1.165, 1.54) is 4.90 Å². The van der Waals surface area contributed by atoms with Crippen molar-refractivity contribution in [2.75, 3.05) is 11.4 Å². The van der Waals surface area contributed by atoms with Gasteiger partial charge >= 0.3 is 6.03 Å². The lowest BCUT2D eigenvalue weighted by Gasteiger charge is -2.31. The van der Waals surface area contributed by atoms with Gasteiger partial charge in [0.15, 0.2) is 0 Å². The Morgan fingerprint density at radius 2 is 1.80 bits per heavy atom. The van der Waals surface area contributed by atoms with Gasteiger partial charge in [0, 0.05) is 18.7 Å². The molecule has 0 radical (unpaired) electrons. The zero-order valence-corrected chi connectivity index (χ0v) is 8.09. The number of imide groups is 1. The van der Waals surface area contributed by atoms with E-state index in [2.05, 4.69) is 0 Å². The lowest BCUT2D eigenvalue weighted by Crippen LogP contribution is -2.55. The third-order valence-corrected chi connectivity index (χ3v) is 2.32. The Kier molecular flexibility index (Phi) is 2.39. The van der Waals surface area contributed by atoms with Crippen molar-refractivity contribution in [3.05, 3.63) is 30.3 Å². The molecule has 78 valence electrons. The average molecular weight is 205 g/mol. The minimum Gasteiger partial charge on any atom is -0.292 e. The summed E-state index contributed by atoms with van der Waals surface area (Å²) >= 11 is 0. The zero-order chi connectivity index (χ0) is 10.8. The number of nitrogens with zero attached hydrogens (tertiary/aromatic N) is 2. The van der Waals surface area contributed by atoms with Gasteiger partial charge in [0.2, 0.25) is 5.91 Å². The van der Waals surface area contributed by atoms with E-state index in [4.69, 9.17) is 5.84 Å². The van der Waals surface area contributed by atoms with Crippen molar-refractivity contribution in [1.29, 1.82) is 0 Å². The van der Waals surface area contributed by atoms with Crippen LogP contribution in [0.5, 0.6) is 0 Å². The predicted octanol–water partition coefficient (Wildman–Crippen LogP) is 0.719. The first-order chi connectivity index (χ1) is 7.20. The van der Waals surface area contributed by atoms with Gasteiger partial charge in [-0.25, -0.2) is 10.6 Å². The second-order valence-corrected chi connectivity index (χ2v) is 3.28. The SMILES string of the molecule is NN1C(=O)CCN(c2ccccc2)C1=O. The Balaban J connectivity index is 2.25. The molecule has 0 saturated carbocycles. The largest absolute Gasteiger partial charge is 0.345 e. The first kappa shape index (κ1) is 9.67. The fourth-order valence-corrected chi connectivity index (χ4v) is 1.51. The number of benzene rings is 1. The van der Waals surface area contributed by atoms with Gasteiger partial charge in [-0.3, -0.25) is 9.69 Å². The van der Waals surface area contributed by atoms with Gasteiger partial charge in [0.05, 0.1) is 0 Å². The Morgan fingerprint density at radius 1 is 1.13 bits per heavy atom. The molecular weight excluding hydrogens is 194 g/mol. The number of urea groups is 1. The van der Waals surface area contributed by atoms with Crippen LogP contribution in [0.1, 0.15) is 6.42 Å². The summed E-state index contributed by atoms with van der Waals surface area (Å²) in [4.78, 5) is 24.3. The number of nitrogens with two attached hydrogens (primary N) is 1. The van der Waals surface area contributed by atoms with Gasteiger partial charge in [-0.15, -0.1) is 0 Å². The molecule has 5 heteroatoms. The van der Waals surface area contributed by atoms with Crippen LogP contribution in [0.15, 0.2) is 30.3 Å². The summed E-state index contributed by atoms with van der Waals surface area (Å²) in [6, 6.07) is 8.67. The van der Waals surface area contributed by atoms with E-state index in [1.807, 2.05) is 30.3 Å². The van der Waals surface area contributed by atoms with Crippen LogP contribution in [-0.4, -0.2) is 23.5 Å². The quantitative estimate of drug-likeness (QED) is 0.542. The van der Waals surface area contributed by atoms with Crippen LogP contribution >= 0.6 is 0 Å². The molecule has 2 rings (SSSR count). The number of rotatable bonds is 1. The number of anilines is 1. The molecule has 5 nitrogen and oxygen atoms in total. The highest BCUT2D eigenvalue weighted by Crippen LogP contribution is 2.18. The van der Waals surface area contributed by atoms with Crippen molar-refractivity contribution < 1.29 is 9.59 Å². The maximum Gasteiger partial charge on any atom is 0.345 e. The maximum absolute atomic E-state index is 11.6. The first-order valence-corrected chi connectivity index (χ1v) is 4.64. The number of amides is 3. The fourth-order valence-electron chi connectivity index (χ4n) is 1.51. The molecule has 0 spiro atoms. The zero-order valence-electron chi connectivity index (χ0n) is 8.09. The van der Waals surface area contributed by atoms with E-state index in [0.29, 0.717) is 11.6 Å². The number of hydrazine groups is 1. The van der Waals surface area contributed by atoms with Crippen molar-refractivity contribution in [3.63, 3.8) is 0 Å². The molecule has 3 amide bonds. The highest BCUT2D eigenvalue weighted by Gasteiger charge is 2.30. The molecule has 0 unspecified atom stereocenters. The monoisotopic (exact) mass is 205 g/mol. The molecule has 0 bridgehead atoms. The Bertz CT molecular complexity index is 391. The summed E-state index contributed by atoms with van der Waals surface area (Å²) in [7, 11) is 0. The first-order valence-electron chi connectivity index (χ1n) is 4.64. The number of hydrogen-bond acceptors (Lipinski definition) is 3. The van der Waals surface area contributed by atoms with E-state index >= 15 is 0 Å². The molecule has 0 aliphatic carbocycles. The van der Waals surface area contributed by atoms with Crippen LogP contribution in [0.4, 0.5) is 10.5 Å². The molecule has 0 atom stereocenters. The standard InChI is InChI=1S/C10H11N3O2/c11-13-9(14)6-7-12(10(13)15)8-4-2-1-3-5-8/h1-5H,6-7,11H2. The van der Waals surface area contributed by atoms with Gasteiger partial charge in [0.25, 0.3) is 0 Å². The summed E-state index contributed by atoms with van der Waals surface area (Å²) < 4.78 is 0. The Hall–Kier alpha value is -1.88. The van der Waals surface area contributed by atoms with Crippen LogP contribution in [0, 0.1) is 0 Å². The second kappa shape index (κ2) is 3.70. The van der Waals surface area contributed by atoms with Crippen molar-refractivity contribution in [1.82, 2.24) is 5.01 Å².